The van der Waals surface area contributed by atoms with Gasteiger partial charge in [-0.15, -0.1) is 11.3 Å². The summed E-state index contributed by atoms with van der Waals surface area (Å²) in [5.41, 5.74) is 3.44. The molecular formula is C15H24N4S. The van der Waals surface area contributed by atoms with Crippen molar-refractivity contribution in [2.75, 3.05) is 0 Å². The fraction of sp³-hybridized carbons (Fsp3) is 0.600. The lowest BCUT2D eigenvalue weighted by Gasteiger charge is -2.19. The molecule has 2 aromatic heterocycles. The van der Waals surface area contributed by atoms with Crippen molar-refractivity contribution in [3.63, 3.8) is 0 Å². The fourth-order valence-corrected chi connectivity index (χ4v) is 3.28. The van der Waals surface area contributed by atoms with E-state index in [1.807, 2.05) is 11.7 Å². The number of aryl methyl sites for hydroxylation is 2. The van der Waals surface area contributed by atoms with Crippen LogP contribution in [0.15, 0.2) is 11.6 Å². The number of hydrogen-bond acceptors (Lipinski definition) is 4. The maximum atomic E-state index is 4.81. The molecule has 0 aliphatic carbocycles. The molecule has 0 fully saturated rings. The average molecular weight is 292 g/mol. The Balaban J connectivity index is 2.38. The molecular weight excluding hydrogens is 268 g/mol. The third-order valence-corrected chi connectivity index (χ3v) is 4.17. The minimum Gasteiger partial charge on any atom is -0.302 e. The van der Waals surface area contributed by atoms with Crippen LogP contribution in [0.5, 0.6) is 0 Å². The van der Waals surface area contributed by atoms with Crippen LogP contribution in [0.3, 0.4) is 0 Å². The minimum atomic E-state index is 0.126. The minimum absolute atomic E-state index is 0.126. The summed E-state index contributed by atoms with van der Waals surface area (Å²) < 4.78 is 1.87. The molecule has 2 aromatic rings. The Bertz CT molecular complexity index is 568. The Morgan fingerprint density at radius 2 is 1.95 bits per heavy atom. The lowest BCUT2D eigenvalue weighted by molar-refractivity contribution is 0.524. The first kappa shape index (κ1) is 15.2. The van der Waals surface area contributed by atoms with Gasteiger partial charge in [0.05, 0.1) is 17.4 Å². The molecule has 0 saturated carbocycles. The lowest BCUT2D eigenvalue weighted by atomic mass is 10.1. The first-order valence-corrected chi connectivity index (χ1v) is 7.98. The van der Waals surface area contributed by atoms with E-state index in [4.69, 9.17) is 4.98 Å². The number of aromatic nitrogens is 3. The van der Waals surface area contributed by atoms with Gasteiger partial charge in [0.1, 0.15) is 5.01 Å². The molecule has 2 rings (SSSR count). The van der Waals surface area contributed by atoms with E-state index in [2.05, 4.69) is 56.6 Å². The molecule has 0 aliphatic heterocycles. The van der Waals surface area contributed by atoms with Crippen molar-refractivity contribution in [3.8, 4) is 0 Å². The van der Waals surface area contributed by atoms with Crippen LogP contribution in [0.4, 0.5) is 0 Å². The zero-order valence-electron chi connectivity index (χ0n) is 13.1. The molecule has 110 valence electrons. The molecule has 0 radical (unpaired) electrons. The second-order valence-corrected chi connectivity index (χ2v) is 6.75. The molecule has 0 bridgehead atoms. The summed E-state index contributed by atoms with van der Waals surface area (Å²) >= 11 is 1.73. The summed E-state index contributed by atoms with van der Waals surface area (Å²) in [6, 6.07) is 0.521. The van der Waals surface area contributed by atoms with Gasteiger partial charge in [0, 0.05) is 30.2 Å². The van der Waals surface area contributed by atoms with E-state index in [-0.39, 0.29) is 6.04 Å². The van der Waals surface area contributed by atoms with Crippen molar-refractivity contribution in [1.82, 2.24) is 20.1 Å². The van der Waals surface area contributed by atoms with Gasteiger partial charge in [-0.05, 0) is 26.7 Å². The summed E-state index contributed by atoms with van der Waals surface area (Å²) in [5, 5.41) is 11.4. The molecule has 0 spiro atoms. The van der Waals surface area contributed by atoms with E-state index >= 15 is 0 Å². The summed E-state index contributed by atoms with van der Waals surface area (Å²) in [7, 11) is 1.96. The number of hydrogen-bond donors (Lipinski definition) is 1. The van der Waals surface area contributed by atoms with Crippen molar-refractivity contribution < 1.29 is 0 Å². The highest BCUT2D eigenvalue weighted by Gasteiger charge is 2.22. The van der Waals surface area contributed by atoms with Crippen LogP contribution in [0, 0.1) is 6.92 Å². The van der Waals surface area contributed by atoms with Crippen LogP contribution in [0.2, 0.25) is 0 Å². The zero-order chi connectivity index (χ0) is 14.9. The lowest BCUT2D eigenvalue weighted by Crippen LogP contribution is -2.29. The quantitative estimate of drug-likeness (QED) is 0.918. The number of rotatable bonds is 5. The molecule has 5 heteroatoms. The highest BCUT2D eigenvalue weighted by Crippen LogP contribution is 2.29. The van der Waals surface area contributed by atoms with Crippen LogP contribution in [0.1, 0.15) is 61.6 Å². The van der Waals surface area contributed by atoms with Crippen LogP contribution in [-0.2, 0) is 7.05 Å². The van der Waals surface area contributed by atoms with E-state index in [1.54, 1.807) is 11.3 Å². The van der Waals surface area contributed by atoms with Gasteiger partial charge in [-0.2, -0.15) is 5.10 Å². The monoisotopic (exact) mass is 292 g/mol. The van der Waals surface area contributed by atoms with Crippen LogP contribution in [-0.4, -0.2) is 20.8 Å². The largest absolute Gasteiger partial charge is 0.302 e. The Morgan fingerprint density at radius 1 is 1.25 bits per heavy atom. The van der Waals surface area contributed by atoms with Crippen molar-refractivity contribution in [2.45, 2.75) is 52.6 Å². The summed E-state index contributed by atoms with van der Waals surface area (Å²) in [6.45, 7) is 10.7. The van der Waals surface area contributed by atoms with Gasteiger partial charge in [-0.1, -0.05) is 13.8 Å². The number of thiazole rings is 1. The molecule has 0 saturated heterocycles. The van der Waals surface area contributed by atoms with E-state index in [0.29, 0.717) is 12.0 Å². The SMILES string of the molecule is Cc1nn(C)cc1C(NC(C)C)c1nc(C(C)C)cs1. The van der Waals surface area contributed by atoms with Crippen molar-refractivity contribution in [3.05, 3.63) is 33.5 Å². The predicted octanol–water partition coefficient (Wildman–Crippen LogP) is 3.40. The fourth-order valence-electron chi connectivity index (χ4n) is 2.23. The first-order chi connectivity index (χ1) is 9.38. The second-order valence-electron chi connectivity index (χ2n) is 5.86. The molecule has 0 amide bonds. The van der Waals surface area contributed by atoms with Crippen LogP contribution < -0.4 is 5.32 Å². The standard InChI is InChI=1S/C15H24N4S/c1-9(2)13-8-20-15(17-13)14(16-10(3)4)12-7-19(6)18-11(12)5/h7-10,14,16H,1-6H3. The van der Waals surface area contributed by atoms with Crippen LogP contribution in [0.25, 0.3) is 0 Å². The summed E-state index contributed by atoms with van der Waals surface area (Å²) in [4.78, 5) is 4.81. The van der Waals surface area contributed by atoms with E-state index < -0.39 is 0 Å². The molecule has 1 atom stereocenters. The van der Waals surface area contributed by atoms with E-state index in [0.717, 1.165) is 10.7 Å². The summed E-state index contributed by atoms with van der Waals surface area (Å²) in [6.07, 6.45) is 2.09. The van der Waals surface area contributed by atoms with Gasteiger partial charge in [0.25, 0.3) is 0 Å². The zero-order valence-corrected chi connectivity index (χ0v) is 14.0. The first-order valence-electron chi connectivity index (χ1n) is 7.10. The Morgan fingerprint density at radius 3 is 2.40 bits per heavy atom. The Labute approximate surface area is 125 Å². The van der Waals surface area contributed by atoms with Gasteiger partial charge in [-0.3, -0.25) is 4.68 Å². The molecule has 1 unspecified atom stereocenters. The molecule has 20 heavy (non-hydrogen) atoms. The second kappa shape index (κ2) is 6.06. The summed E-state index contributed by atoms with van der Waals surface area (Å²) in [5.74, 6) is 0.467. The van der Waals surface area contributed by atoms with Gasteiger partial charge >= 0.3 is 0 Å². The normalized spacial score (nSPS) is 13.4. The molecule has 1 N–H and O–H groups in total. The van der Waals surface area contributed by atoms with Crippen LogP contribution >= 0.6 is 11.3 Å². The average Bonchev–Trinajstić information content (AvgIpc) is 2.93. The van der Waals surface area contributed by atoms with Crippen molar-refractivity contribution >= 4 is 11.3 Å². The van der Waals surface area contributed by atoms with Gasteiger partial charge in [-0.25, -0.2) is 4.98 Å². The third kappa shape index (κ3) is 3.27. The van der Waals surface area contributed by atoms with E-state index in [1.165, 1.54) is 11.3 Å². The number of nitrogens with zero attached hydrogens (tertiary/aromatic N) is 3. The molecule has 4 nitrogen and oxygen atoms in total. The molecule has 0 aliphatic rings. The smallest absolute Gasteiger partial charge is 0.115 e. The Hall–Kier alpha value is -1.20. The van der Waals surface area contributed by atoms with Gasteiger partial charge in [0.15, 0.2) is 0 Å². The van der Waals surface area contributed by atoms with Crippen molar-refractivity contribution in [1.29, 1.82) is 0 Å². The topological polar surface area (TPSA) is 42.7 Å². The molecule has 2 heterocycles. The predicted molar refractivity (Wildman–Crippen MR) is 84.3 cm³/mol. The van der Waals surface area contributed by atoms with Gasteiger partial charge < -0.3 is 5.32 Å². The highest BCUT2D eigenvalue weighted by atomic mass is 32.1. The number of nitrogens with one attached hydrogen (secondary N) is 1. The Kier molecular flexibility index (Phi) is 4.60. The molecule has 0 aromatic carbocycles. The van der Waals surface area contributed by atoms with E-state index in [9.17, 15) is 0 Å². The maximum absolute atomic E-state index is 4.81. The third-order valence-electron chi connectivity index (χ3n) is 3.24. The van der Waals surface area contributed by atoms with Crippen molar-refractivity contribution in [2.24, 2.45) is 7.05 Å². The van der Waals surface area contributed by atoms with Gasteiger partial charge in [0.2, 0.25) is 0 Å². The maximum Gasteiger partial charge on any atom is 0.115 e. The highest BCUT2D eigenvalue weighted by molar-refractivity contribution is 7.09.